The first kappa shape index (κ1) is 17.1. The van der Waals surface area contributed by atoms with Crippen LogP contribution in [0, 0.1) is 11.3 Å². The Morgan fingerprint density at radius 2 is 2.04 bits per heavy atom. The summed E-state index contributed by atoms with van der Waals surface area (Å²) in [6.45, 7) is 7.44. The maximum atomic E-state index is 12.2. The van der Waals surface area contributed by atoms with Crippen LogP contribution in [0.4, 0.5) is 0 Å². The van der Waals surface area contributed by atoms with Crippen molar-refractivity contribution < 1.29 is 19.0 Å². The third-order valence-electron chi connectivity index (χ3n) is 6.89. The van der Waals surface area contributed by atoms with E-state index in [2.05, 4.69) is 50.2 Å². The van der Waals surface area contributed by atoms with Gasteiger partial charge in [0.2, 0.25) is 0 Å². The Balaban J connectivity index is 1.65. The van der Waals surface area contributed by atoms with E-state index in [1.165, 1.54) is 16.3 Å². The van der Waals surface area contributed by atoms with Crippen molar-refractivity contribution in [3.63, 3.8) is 0 Å². The van der Waals surface area contributed by atoms with Gasteiger partial charge in [0.1, 0.15) is 11.9 Å². The number of benzene rings is 2. The van der Waals surface area contributed by atoms with Gasteiger partial charge in [-0.15, -0.1) is 0 Å². The Labute approximate surface area is 159 Å². The zero-order valence-corrected chi connectivity index (χ0v) is 16.2. The van der Waals surface area contributed by atoms with Gasteiger partial charge in [-0.05, 0) is 35.6 Å². The van der Waals surface area contributed by atoms with Crippen LogP contribution in [0.2, 0.25) is 0 Å². The molecule has 0 bridgehead atoms. The van der Waals surface area contributed by atoms with E-state index in [1.54, 1.807) is 0 Å². The molecule has 2 aliphatic heterocycles. The first-order valence-corrected chi connectivity index (χ1v) is 9.93. The molecular weight excluding hydrogens is 340 g/mol. The molecule has 4 atom stereocenters. The topological polar surface area (TPSA) is 44.8 Å². The first-order chi connectivity index (χ1) is 13.0. The highest BCUT2D eigenvalue weighted by Gasteiger charge is 2.70. The maximum Gasteiger partial charge on any atom is 0.308 e. The molecule has 1 spiro atoms. The smallest absolute Gasteiger partial charge is 0.308 e. The standard InChI is InChI=1S/C23H26O4/c1-4-25-19(24)11-17-21-22(2,3)12-18-23(21,13-26-17)20-15-8-6-5-7-14(15)9-10-16(20)27-18/h5-10,17-18,21H,4,11-13H2,1-3H3/t17-,18-,21-,23+/m0/s1. The average Bonchev–Trinajstić information content (AvgIpc) is 3.21. The molecule has 142 valence electrons. The highest BCUT2D eigenvalue weighted by atomic mass is 16.5. The molecule has 4 heteroatoms. The summed E-state index contributed by atoms with van der Waals surface area (Å²) in [6.07, 6.45) is 1.27. The van der Waals surface area contributed by atoms with E-state index in [1.807, 2.05) is 6.92 Å². The highest BCUT2D eigenvalue weighted by molar-refractivity contribution is 5.90. The number of ether oxygens (including phenoxy) is 3. The molecule has 0 amide bonds. The van der Waals surface area contributed by atoms with Crippen molar-refractivity contribution in [3.05, 3.63) is 42.0 Å². The molecular formula is C23H26O4. The lowest BCUT2D eigenvalue weighted by molar-refractivity contribution is -0.146. The van der Waals surface area contributed by atoms with E-state index >= 15 is 0 Å². The number of fused-ring (bicyclic) bond motifs is 3. The lowest BCUT2D eigenvalue weighted by Crippen LogP contribution is -2.42. The van der Waals surface area contributed by atoms with E-state index in [4.69, 9.17) is 14.2 Å². The molecule has 4 nitrogen and oxygen atoms in total. The van der Waals surface area contributed by atoms with E-state index in [9.17, 15) is 4.79 Å². The highest BCUT2D eigenvalue weighted by Crippen LogP contribution is 2.66. The summed E-state index contributed by atoms with van der Waals surface area (Å²) in [4.78, 5) is 12.2. The zero-order valence-electron chi connectivity index (χ0n) is 16.2. The summed E-state index contributed by atoms with van der Waals surface area (Å²) >= 11 is 0. The van der Waals surface area contributed by atoms with Gasteiger partial charge in [0, 0.05) is 11.5 Å². The Morgan fingerprint density at radius 3 is 2.85 bits per heavy atom. The largest absolute Gasteiger partial charge is 0.489 e. The van der Waals surface area contributed by atoms with Gasteiger partial charge in [-0.3, -0.25) is 4.79 Å². The van der Waals surface area contributed by atoms with Crippen molar-refractivity contribution in [2.75, 3.05) is 13.2 Å². The van der Waals surface area contributed by atoms with Crippen molar-refractivity contribution in [2.45, 2.75) is 51.2 Å². The van der Waals surface area contributed by atoms with Gasteiger partial charge in [0.15, 0.2) is 0 Å². The Hall–Kier alpha value is -2.07. The predicted molar refractivity (Wildman–Crippen MR) is 103 cm³/mol. The van der Waals surface area contributed by atoms with Gasteiger partial charge in [0.25, 0.3) is 0 Å². The van der Waals surface area contributed by atoms with Crippen LogP contribution in [0.15, 0.2) is 36.4 Å². The summed E-state index contributed by atoms with van der Waals surface area (Å²) in [5.74, 6) is 1.04. The van der Waals surface area contributed by atoms with Crippen LogP contribution in [0.3, 0.4) is 0 Å². The normalized spacial score (nSPS) is 32.6. The SMILES string of the molecule is CCOC(=O)C[C@@H]1OC[C@]23c4c(ccc5ccccc45)O[C@H]2CC(C)(C)[C@H]13. The van der Waals surface area contributed by atoms with Gasteiger partial charge in [-0.25, -0.2) is 0 Å². The molecule has 5 rings (SSSR count). The van der Waals surface area contributed by atoms with E-state index in [0.29, 0.717) is 19.6 Å². The van der Waals surface area contributed by atoms with Gasteiger partial charge in [-0.2, -0.15) is 0 Å². The Bertz CT molecular complexity index is 918. The fraction of sp³-hybridized carbons (Fsp3) is 0.522. The summed E-state index contributed by atoms with van der Waals surface area (Å²) in [7, 11) is 0. The fourth-order valence-electron chi connectivity index (χ4n) is 6.12. The minimum atomic E-state index is -0.184. The summed E-state index contributed by atoms with van der Waals surface area (Å²) in [5, 5.41) is 2.48. The predicted octanol–water partition coefficient (Wildman–Crippen LogP) is 4.24. The Morgan fingerprint density at radius 1 is 1.22 bits per heavy atom. The van der Waals surface area contributed by atoms with Crippen LogP contribution >= 0.6 is 0 Å². The number of hydrogen-bond donors (Lipinski definition) is 0. The number of carbonyl (C=O) groups is 1. The molecule has 2 fully saturated rings. The Kier molecular flexibility index (Phi) is 3.61. The molecule has 1 saturated heterocycles. The second-order valence-corrected chi connectivity index (χ2v) is 8.84. The zero-order chi connectivity index (χ0) is 18.8. The van der Waals surface area contributed by atoms with Gasteiger partial charge in [-0.1, -0.05) is 44.2 Å². The van der Waals surface area contributed by atoms with Crippen LogP contribution in [0.5, 0.6) is 5.75 Å². The summed E-state index contributed by atoms with van der Waals surface area (Å²) < 4.78 is 18.0. The molecule has 0 unspecified atom stereocenters. The molecule has 2 aromatic carbocycles. The summed E-state index contributed by atoms with van der Waals surface area (Å²) in [6, 6.07) is 12.7. The lowest BCUT2D eigenvalue weighted by Gasteiger charge is -2.35. The van der Waals surface area contributed by atoms with E-state index in [-0.39, 0.29) is 34.9 Å². The third-order valence-corrected chi connectivity index (χ3v) is 6.89. The van der Waals surface area contributed by atoms with Crippen molar-refractivity contribution in [1.82, 2.24) is 0 Å². The monoisotopic (exact) mass is 366 g/mol. The van der Waals surface area contributed by atoms with E-state index < -0.39 is 0 Å². The van der Waals surface area contributed by atoms with Gasteiger partial charge < -0.3 is 14.2 Å². The van der Waals surface area contributed by atoms with Gasteiger partial charge in [0.05, 0.1) is 31.2 Å². The van der Waals surface area contributed by atoms with Crippen LogP contribution < -0.4 is 4.74 Å². The minimum Gasteiger partial charge on any atom is -0.489 e. The van der Waals surface area contributed by atoms with Crippen LogP contribution in [-0.2, 0) is 19.7 Å². The van der Waals surface area contributed by atoms with Crippen molar-refractivity contribution in [3.8, 4) is 5.75 Å². The molecule has 2 heterocycles. The molecule has 2 aromatic rings. The second kappa shape index (κ2) is 5.71. The molecule has 1 aliphatic carbocycles. The quantitative estimate of drug-likeness (QED) is 0.763. The first-order valence-electron chi connectivity index (χ1n) is 9.93. The lowest BCUT2D eigenvalue weighted by atomic mass is 9.65. The second-order valence-electron chi connectivity index (χ2n) is 8.84. The molecule has 3 aliphatic rings. The van der Waals surface area contributed by atoms with Crippen molar-refractivity contribution >= 4 is 16.7 Å². The number of hydrogen-bond acceptors (Lipinski definition) is 4. The molecule has 27 heavy (non-hydrogen) atoms. The third kappa shape index (κ3) is 2.22. The molecule has 1 saturated carbocycles. The van der Waals surface area contributed by atoms with Gasteiger partial charge >= 0.3 is 5.97 Å². The molecule has 0 radical (unpaired) electrons. The average molecular weight is 366 g/mol. The van der Waals surface area contributed by atoms with E-state index in [0.717, 1.165) is 12.2 Å². The minimum absolute atomic E-state index is 0.0347. The number of rotatable bonds is 3. The van der Waals surface area contributed by atoms with Crippen molar-refractivity contribution in [2.24, 2.45) is 11.3 Å². The fourth-order valence-corrected chi connectivity index (χ4v) is 6.12. The van der Waals surface area contributed by atoms with Crippen LogP contribution in [-0.4, -0.2) is 31.4 Å². The number of esters is 1. The van der Waals surface area contributed by atoms with Crippen molar-refractivity contribution in [1.29, 1.82) is 0 Å². The van der Waals surface area contributed by atoms with Crippen LogP contribution in [0.25, 0.3) is 10.8 Å². The molecule has 0 aromatic heterocycles. The maximum absolute atomic E-state index is 12.2. The molecule has 0 N–H and O–H groups in total. The number of carbonyl (C=O) groups excluding carboxylic acids is 1. The summed E-state index contributed by atoms with van der Waals surface area (Å²) in [5.41, 5.74) is 1.14. The van der Waals surface area contributed by atoms with Crippen LogP contribution in [0.1, 0.15) is 39.2 Å².